The summed E-state index contributed by atoms with van der Waals surface area (Å²) in [6, 6.07) is 8.26. The topological polar surface area (TPSA) is 18.5 Å². The van der Waals surface area contributed by atoms with Crippen LogP contribution in [0.3, 0.4) is 0 Å². The lowest BCUT2D eigenvalue weighted by atomic mass is 10.0. The lowest BCUT2D eigenvalue weighted by Gasteiger charge is -2.15. The summed E-state index contributed by atoms with van der Waals surface area (Å²) < 4.78 is 13.3. The summed E-state index contributed by atoms with van der Waals surface area (Å²) in [5.74, 6) is 1.44. The number of hydrogen-bond donors (Lipinski definition) is 0. The molecule has 1 atom stereocenters. The van der Waals surface area contributed by atoms with E-state index in [9.17, 15) is 0 Å². The highest BCUT2D eigenvalue weighted by Gasteiger charge is 2.19. The van der Waals surface area contributed by atoms with E-state index in [1.54, 1.807) is 36.9 Å². The summed E-state index contributed by atoms with van der Waals surface area (Å²) in [4.78, 5) is 1.16. The average molecular weight is 339 g/mol. The van der Waals surface area contributed by atoms with Crippen molar-refractivity contribution in [2.75, 3.05) is 14.2 Å². The van der Waals surface area contributed by atoms with Gasteiger partial charge in [-0.3, -0.25) is 0 Å². The third-order valence-corrected chi connectivity index (χ3v) is 6.21. The van der Waals surface area contributed by atoms with Gasteiger partial charge in [0.2, 0.25) is 0 Å². The molecule has 0 saturated carbocycles. The van der Waals surface area contributed by atoms with Gasteiger partial charge in [0.25, 0.3) is 0 Å². The van der Waals surface area contributed by atoms with Crippen LogP contribution in [0.15, 0.2) is 29.6 Å². The second kappa shape index (κ2) is 5.87. The van der Waals surface area contributed by atoms with Gasteiger partial charge >= 0.3 is 0 Å². The highest BCUT2D eigenvalue weighted by atomic mass is 35.5. The van der Waals surface area contributed by atoms with Crippen LogP contribution in [0.2, 0.25) is 0 Å². The maximum absolute atomic E-state index is 6.71. The molecule has 110 valence electrons. The average Bonchev–Trinajstić information content (AvgIpc) is 3.07. The Kier molecular flexibility index (Phi) is 4.11. The summed E-state index contributed by atoms with van der Waals surface area (Å²) in [6.07, 6.45) is 0. The van der Waals surface area contributed by atoms with Crippen molar-refractivity contribution in [1.29, 1.82) is 0 Å². The van der Waals surface area contributed by atoms with Crippen molar-refractivity contribution in [2.45, 2.75) is 12.3 Å². The van der Waals surface area contributed by atoms with Gasteiger partial charge in [0, 0.05) is 14.3 Å². The number of benzene rings is 1. The molecular weight excluding hydrogens is 324 g/mol. The van der Waals surface area contributed by atoms with Crippen LogP contribution in [0.4, 0.5) is 0 Å². The fourth-order valence-electron chi connectivity index (χ4n) is 2.33. The first-order chi connectivity index (χ1) is 10.1. The molecule has 0 aliphatic heterocycles. The second-order valence-electron chi connectivity index (χ2n) is 4.72. The number of methoxy groups -OCH3 is 2. The Morgan fingerprint density at radius 1 is 1.05 bits per heavy atom. The number of aryl methyl sites for hydroxylation is 1. The molecule has 2 heterocycles. The molecule has 21 heavy (non-hydrogen) atoms. The Labute approximate surface area is 136 Å². The molecule has 0 fully saturated rings. The van der Waals surface area contributed by atoms with Crippen LogP contribution >= 0.6 is 34.3 Å². The highest BCUT2D eigenvalue weighted by Crippen LogP contribution is 2.42. The van der Waals surface area contributed by atoms with Crippen molar-refractivity contribution in [3.05, 3.63) is 45.6 Å². The summed E-state index contributed by atoms with van der Waals surface area (Å²) in [7, 11) is 3.28. The zero-order chi connectivity index (χ0) is 15.0. The van der Waals surface area contributed by atoms with E-state index in [0.717, 1.165) is 21.8 Å². The molecule has 3 rings (SSSR count). The number of thiophene rings is 2. The molecule has 2 aromatic heterocycles. The largest absolute Gasteiger partial charge is 0.493 e. The normalized spacial score (nSPS) is 12.6. The van der Waals surface area contributed by atoms with Crippen LogP contribution in [-0.2, 0) is 0 Å². The molecule has 0 aliphatic rings. The maximum Gasteiger partial charge on any atom is 0.161 e. The number of ether oxygens (including phenoxy) is 2. The quantitative estimate of drug-likeness (QED) is 0.575. The number of hydrogen-bond acceptors (Lipinski definition) is 4. The first-order valence-electron chi connectivity index (χ1n) is 6.47. The van der Waals surface area contributed by atoms with Gasteiger partial charge < -0.3 is 9.47 Å². The van der Waals surface area contributed by atoms with Crippen molar-refractivity contribution >= 4 is 43.7 Å². The van der Waals surface area contributed by atoms with Gasteiger partial charge in [-0.15, -0.1) is 34.3 Å². The Morgan fingerprint density at radius 2 is 1.76 bits per heavy atom. The lowest BCUT2D eigenvalue weighted by molar-refractivity contribution is 0.354. The molecule has 1 unspecified atom stereocenters. The van der Waals surface area contributed by atoms with E-state index in [0.29, 0.717) is 5.75 Å². The molecule has 1 aromatic carbocycles. The predicted molar refractivity (Wildman–Crippen MR) is 91.7 cm³/mol. The SMILES string of the molecule is COc1cc(C)c(C(Cl)c2cc3sccc3s2)cc1OC. The zero-order valence-corrected chi connectivity index (χ0v) is 14.4. The molecule has 0 amide bonds. The molecule has 5 heteroatoms. The second-order valence-corrected chi connectivity index (χ2v) is 7.22. The first-order valence-corrected chi connectivity index (χ1v) is 8.61. The Bertz CT molecular complexity index is 747. The third kappa shape index (κ3) is 2.63. The van der Waals surface area contributed by atoms with Crippen molar-refractivity contribution in [2.24, 2.45) is 0 Å². The molecule has 3 aromatic rings. The fraction of sp³-hybridized carbons (Fsp3) is 0.250. The van der Waals surface area contributed by atoms with Crippen LogP contribution in [0.25, 0.3) is 9.40 Å². The van der Waals surface area contributed by atoms with Gasteiger partial charge in [-0.05, 0) is 47.7 Å². The van der Waals surface area contributed by atoms with Crippen LogP contribution < -0.4 is 9.47 Å². The smallest absolute Gasteiger partial charge is 0.161 e. The number of halogens is 1. The van der Waals surface area contributed by atoms with E-state index in [-0.39, 0.29) is 5.38 Å². The maximum atomic E-state index is 6.71. The lowest BCUT2D eigenvalue weighted by Crippen LogP contribution is -1.98. The molecule has 0 bridgehead atoms. The third-order valence-electron chi connectivity index (χ3n) is 3.45. The van der Waals surface area contributed by atoms with Crippen LogP contribution in [0.5, 0.6) is 11.5 Å². The fourth-order valence-corrected chi connectivity index (χ4v) is 4.88. The summed E-state index contributed by atoms with van der Waals surface area (Å²) in [5.41, 5.74) is 2.16. The van der Waals surface area contributed by atoms with Crippen molar-refractivity contribution in [1.82, 2.24) is 0 Å². The van der Waals surface area contributed by atoms with Gasteiger partial charge in [0.15, 0.2) is 11.5 Å². The van der Waals surface area contributed by atoms with Gasteiger partial charge in [-0.1, -0.05) is 0 Å². The molecule has 0 spiro atoms. The molecule has 2 nitrogen and oxygen atoms in total. The zero-order valence-electron chi connectivity index (χ0n) is 12.0. The Hall–Kier alpha value is -1.23. The molecule has 0 aliphatic carbocycles. The Morgan fingerprint density at radius 3 is 2.43 bits per heavy atom. The summed E-state index contributed by atoms with van der Waals surface area (Å²) in [5, 5.41) is 1.94. The summed E-state index contributed by atoms with van der Waals surface area (Å²) >= 11 is 10.2. The molecular formula is C16H15ClO2S2. The number of rotatable bonds is 4. The Balaban J connectivity index is 2.04. The van der Waals surface area contributed by atoms with Crippen molar-refractivity contribution in [3.63, 3.8) is 0 Å². The van der Waals surface area contributed by atoms with Crippen molar-refractivity contribution in [3.8, 4) is 11.5 Å². The molecule has 0 saturated heterocycles. The standard InChI is InChI=1S/C16H15ClO2S2/c1-9-6-11(18-2)12(19-3)7-10(9)16(17)15-8-14-13(21-15)4-5-20-14/h4-8,16H,1-3H3. The van der Waals surface area contributed by atoms with Crippen LogP contribution in [0.1, 0.15) is 21.4 Å². The predicted octanol–water partition coefficient (Wildman–Crippen LogP) is 5.62. The minimum atomic E-state index is -0.172. The van der Waals surface area contributed by atoms with Crippen LogP contribution in [0, 0.1) is 6.92 Å². The molecule has 0 radical (unpaired) electrons. The van der Waals surface area contributed by atoms with E-state index in [1.807, 2.05) is 19.1 Å². The number of fused-ring (bicyclic) bond motifs is 1. The van der Waals surface area contributed by atoms with E-state index in [4.69, 9.17) is 21.1 Å². The van der Waals surface area contributed by atoms with Crippen molar-refractivity contribution < 1.29 is 9.47 Å². The highest BCUT2D eigenvalue weighted by molar-refractivity contribution is 7.27. The number of alkyl halides is 1. The van der Waals surface area contributed by atoms with Gasteiger partial charge in [0.05, 0.1) is 19.6 Å². The minimum absolute atomic E-state index is 0.172. The minimum Gasteiger partial charge on any atom is -0.493 e. The van der Waals surface area contributed by atoms with E-state index >= 15 is 0 Å². The van der Waals surface area contributed by atoms with Crippen LogP contribution in [-0.4, -0.2) is 14.2 Å². The van der Waals surface area contributed by atoms with E-state index < -0.39 is 0 Å². The van der Waals surface area contributed by atoms with E-state index in [2.05, 4.69) is 17.5 Å². The first kappa shape index (κ1) is 14.7. The monoisotopic (exact) mass is 338 g/mol. The summed E-state index contributed by atoms with van der Waals surface area (Å²) in [6.45, 7) is 2.04. The van der Waals surface area contributed by atoms with Gasteiger partial charge in [0.1, 0.15) is 0 Å². The molecule has 0 N–H and O–H groups in total. The van der Waals surface area contributed by atoms with Gasteiger partial charge in [-0.25, -0.2) is 0 Å². The van der Waals surface area contributed by atoms with E-state index in [1.165, 1.54) is 9.40 Å². The van der Waals surface area contributed by atoms with Gasteiger partial charge in [-0.2, -0.15) is 0 Å².